The Morgan fingerprint density at radius 1 is 1.17 bits per heavy atom. The van der Waals surface area contributed by atoms with E-state index in [0.29, 0.717) is 50.6 Å². The normalized spacial score (nSPS) is 18.2. The molecule has 3 rings (SSSR count). The number of esters is 1. The van der Waals surface area contributed by atoms with Crippen LogP contribution in [0.1, 0.15) is 32.1 Å². The predicted octanol–water partition coefficient (Wildman–Crippen LogP) is 1.99. The van der Waals surface area contributed by atoms with Gasteiger partial charge in [0.25, 0.3) is 5.91 Å². The summed E-state index contributed by atoms with van der Waals surface area (Å²) in [7, 11) is 1.54. The molecule has 8 nitrogen and oxygen atoms in total. The van der Waals surface area contributed by atoms with Gasteiger partial charge >= 0.3 is 5.97 Å². The molecule has 1 aliphatic heterocycles. The summed E-state index contributed by atoms with van der Waals surface area (Å²) in [5.41, 5.74) is -0.269. The number of rotatable bonds is 7. The van der Waals surface area contributed by atoms with E-state index in [9.17, 15) is 14.4 Å². The maximum Gasteiger partial charge on any atom is 0.313 e. The minimum absolute atomic E-state index is 0.0482. The zero-order chi connectivity index (χ0) is 20.7. The van der Waals surface area contributed by atoms with Crippen molar-refractivity contribution in [1.29, 1.82) is 0 Å². The molecular weight excluding hydrogens is 376 g/mol. The van der Waals surface area contributed by atoms with Gasteiger partial charge in [0.2, 0.25) is 5.91 Å². The number of amides is 2. The van der Waals surface area contributed by atoms with Crippen molar-refractivity contribution >= 4 is 23.5 Å². The van der Waals surface area contributed by atoms with Gasteiger partial charge in [-0.15, -0.1) is 0 Å². The lowest BCUT2D eigenvalue weighted by Crippen LogP contribution is -2.44. The fourth-order valence-electron chi connectivity index (χ4n) is 3.90. The van der Waals surface area contributed by atoms with E-state index >= 15 is 0 Å². The predicted molar refractivity (Wildman–Crippen MR) is 105 cm³/mol. The molecule has 29 heavy (non-hydrogen) atoms. The lowest BCUT2D eigenvalue weighted by atomic mass is 9.82. The third-order valence-corrected chi connectivity index (χ3v) is 5.53. The SMILES string of the molecule is COc1cccc(NC(=O)COC(=O)C2(CC(=O)N3CCOCC3)CCCC2)c1. The van der Waals surface area contributed by atoms with Crippen molar-refractivity contribution in [2.24, 2.45) is 5.41 Å². The molecule has 2 fully saturated rings. The second-order valence-corrected chi connectivity index (χ2v) is 7.51. The number of ether oxygens (including phenoxy) is 3. The van der Waals surface area contributed by atoms with Crippen LogP contribution in [0.15, 0.2) is 24.3 Å². The van der Waals surface area contributed by atoms with Crippen LogP contribution in [0.4, 0.5) is 5.69 Å². The first kappa shape index (κ1) is 21.1. The van der Waals surface area contributed by atoms with E-state index in [1.165, 1.54) is 0 Å². The van der Waals surface area contributed by atoms with E-state index in [2.05, 4.69) is 5.32 Å². The van der Waals surface area contributed by atoms with Crippen molar-refractivity contribution in [2.45, 2.75) is 32.1 Å². The highest BCUT2D eigenvalue weighted by Crippen LogP contribution is 2.42. The summed E-state index contributed by atoms with van der Waals surface area (Å²) in [4.78, 5) is 39.4. The maximum absolute atomic E-state index is 12.8. The number of carbonyl (C=O) groups excluding carboxylic acids is 3. The van der Waals surface area contributed by atoms with E-state index in [-0.39, 0.29) is 18.9 Å². The lowest BCUT2D eigenvalue weighted by Gasteiger charge is -2.31. The minimum Gasteiger partial charge on any atom is -0.497 e. The van der Waals surface area contributed by atoms with Gasteiger partial charge in [-0.1, -0.05) is 18.9 Å². The minimum atomic E-state index is -0.828. The van der Waals surface area contributed by atoms with Crippen molar-refractivity contribution in [3.63, 3.8) is 0 Å². The Bertz CT molecular complexity index is 738. The van der Waals surface area contributed by atoms with E-state index in [1.54, 1.807) is 36.3 Å². The van der Waals surface area contributed by atoms with Crippen molar-refractivity contribution in [3.05, 3.63) is 24.3 Å². The molecule has 1 aliphatic carbocycles. The van der Waals surface area contributed by atoms with Crippen LogP contribution in [-0.2, 0) is 23.9 Å². The molecule has 2 amide bonds. The highest BCUT2D eigenvalue weighted by Gasteiger charge is 2.45. The van der Waals surface area contributed by atoms with Gasteiger partial charge in [-0.25, -0.2) is 0 Å². The molecule has 0 atom stereocenters. The van der Waals surface area contributed by atoms with Crippen LogP contribution in [0.2, 0.25) is 0 Å². The van der Waals surface area contributed by atoms with E-state index in [1.807, 2.05) is 0 Å². The van der Waals surface area contributed by atoms with Gasteiger partial charge < -0.3 is 24.4 Å². The topological polar surface area (TPSA) is 94.2 Å². The Hall–Kier alpha value is -2.61. The van der Waals surface area contributed by atoms with Gasteiger partial charge in [-0.3, -0.25) is 14.4 Å². The molecular formula is C21H28N2O6. The summed E-state index contributed by atoms with van der Waals surface area (Å²) in [6.45, 7) is 1.75. The monoisotopic (exact) mass is 404 g/mol. The number of benzene rings is 1. The lowest BCUT2D eigenvalue weighted by molar-refractivity contribution is -0.161. The van der Waals surface area contributed by atoms with Crippen LogP contribution >= 0.6 is 0 Å². The van der Waals surface area contributed by atoms with Gasteiger partial charge in [-0.05, 0) is 25.0 Å². The van der Waals surface area contributed by atoms with Gasteiger partial charge in [0.05, 0.1) is 25.7 Å². The van der Waals surface area contributed by atoms with Gasteiger partial charge in [0.15, 0.2) is 6.61 Å². The summed E-state index contributed by atoms with van der Waals surface area (Å²) in [6.07, 6.45) is 3.10. The Morgan fingerprint density at radius 2 is 1.90 bits per heavy atom. The van der Waals surface area contributed by atoms with Crippen molar-refractivity contribution in [3.8, 4) is 5.75 Å². The van der Waals surface area contributed by atoms with Crippen molar-refractivity contribution < 1.29 is 28.6 Å². The number of nitrogens with one attached hydrogen (secondary N) is 1. The first-order valence-electron chi connectivity index (χ1n) is 9.99. The molecule has 1 N–H and O–H groups in total. The molecule has 0 bridgehead atoms. The number of hydrogen-bond donors (Lipinski definition) is 1. The van der Waals surface area contributed by atoms with Crippen LogP contribution in [0.25, 0.3) is 0 Å². The largest absolute Gasteiger partial charge is 0.497 e. The van der Waals surface area contributed by atoms with E-state index in [4.69, 9.17) is 14.2 Å². The summed E-state index contributed by atoms with van der Waals surface area (Å²) in [5, 5.41) is 2.68. The Morgan fingerprint density at radius 3 is 2.59 bits per heavy atom. The smallest absolute Gasteiger partial charge is 0.313 e. The number of methoxy groups -OCH3 is 1. The number of hydrogen-bond acceptors (Lipinski definition) is 6. The Labute approximate surface area is 170 Å². The van der Waals surface area contributed by atoms with Crippen LogP contribution in [0.5, 0.6) is 5.75 Å². The zero-order valence-electron chi connectivity index (χ0n) is 16.8. The molecule has 0 radical (unpaired) electrons. The highest BCUT2D eigenvalue weighted by atomic mass is 16.5. The highest BCUT2D eigenvalue weighted by molar-refractivity contribution is 5.94. The zero-order valence-corrected chi connectivity index (χ0v) is 16.8. The summed E-state index contributed by atoms with van der Waals surface area (Å²) >= 11 is 0. The summed E-state index contributed by atoms with van der Waals surface area (Å²) in [5.74, 6) is -0.323. The molecule has 1 heterocycles. The fraction of sp³-hybridized carbons (Fsp3) is 0.571. The second kappa shape index (κ2) is 9.73. The number of nitrogens with zero attached hydrogens (tertiary/aromatic N) is 1. The molecule has 1 aromatic rings. The number of morpholine rings is 1. The first-order chi connectivity index (χ1) is 14.0. The Balaban J connectivity index is 1.54. The third kappa shape index (κ3) is 5.47. The van der Waals surface area contributed by atoms with E-state index < -0.39 is 17.3 Å². The van der Waals surface area contributed by atoms with Gasteiger partial charge in [-0.2, -0.15) is 0 Å². The molecule has 1 aromatic carbocycles. The molecule has 1 saturated heterocycles. The van der Waals surface area contributed by atoms with Crippen molar-refractivity contribution in [1.82, 2.24) is 4.90 Å². The van der Waals surface area contributed by atoms with Gasteiger partial charge in [0.1, 0.15) is 5.75 Å². The summed E-state index contributed by atoms with van der Waals surface area (Å²) < 4.78 is 15.7. The number of carbonyl (C=O) groups is 3. The van der Waals surface area contributed by atoms with Crippen LogP contribution in [-0.4, -0.2) is 62.7 Å². The standard InChI is InChI=1S/C21H28N2O6/c1-27-17-6-4-5-16(13-17)22-18(24)15-29-20(26)21(7-2-3-8-21)14-19(25)23-9-11-28-12-10-23/h4-6,13H,2-3,7-12,14-15H2,1H3,(H,22,24). The van der Waals surface area contributed by atoms with Crippen molar-refractivity contribution in [2.75, 3.05) is 45.3 Å². The van der Waals surface area contributed by atoms with Gasteiger partial charge in [0, 0.05) is 31.3 Å². The average molecular weight is 404 g/mol. The van der Waals surface area contributed by atoms with Crippen LogP contribution in [0, 0.1) is 5.41 Å². The molecule has 0 aromatic heterocycles. The molecule has 0 unspecified atom stereocenters. The maximum atomic E-state index is 12.8. The average Bonchev–Trinajstić information content (AvgIpc) is 3.22. The van der Waals surface area contributed by atoms with Crippen LogP contribution in [0.3, 0.4) is 0 Å². The Kier molecular flexibility index (Phi) is 7.09. The molecule has 158 valence electrons. The van der Waals surface area contributed by atoms with E-state index in [0.717, 1.165) is 12.8 Å². The third-order valence-electron chi connectivity index (χ3n) is 5.53. The fourth-order valence-corrected chi connectivity index (χ4v) is 3.90. The molecule has 2 aliphatic rings. The molecule has 8 heteroatoms. The molecule has 0 spiro atoms. The molecule has 1 saturated carbocycles. The number of anilines is 1. The first-order valence-corrected chi connectivity index (χ1v) is 9.99. The quantitative estimate of drug-likeness (QED) is 0.699. The second-order valence-electron chi connectivity index (χ2n) is 7.51. The summed E-state index contributed by atoms with van der Waals surface area (Å²) in [6, 6.07) is 6.93. The van der Waals surface area contributed by atoms with Crippen LogP contribution < -0.4 is 10.1 Å².